The van der Waals surface area contributed by atoms with E-state index in [4.69, 9.17) is 23.2 Å². The number of aryl methyl sites for hydroxylation is 1. The van der Waals surface area contributed by atoms with Gasteiger partial charge in [0.2, 0.25) is 0 Å². The summed E-state index contributed by atoms with van der Waals surface area (Å²) in [7, 11) is 0. The molecule has 1 aliphatic carbocycles. The van der Waals surface area contributed by atoms with E-state index >= 15 is 0 Å². The number of hydrogen-bond donors (Lipinski definition) is 1. The standard InChI is InChI=1S/C20H15Cl2NO2S/c1-11-17(18(24)25)26-19(23-11)20(15-7-6-14(21)8-16(15)22)9-12-4-2-3-5-13(12)10-20/h2-8H,9-10H2,1H3,(H,24,25). The third-order valence-electron chi connectivity index (χ3n) is 4.95. The molecule has 0 radical (unpaired) electrons. The molecule has 132 valence electrons. The minimum Gasteiger partial charge on any atom is -0.477 e. The van der Waals surface area contributed by atoms with Crippen molar-refractivity contribution in [2.75, 3.05) is 0 Å². The van der Waals surface area contributed by atoms with Crippen LogP contribution < -0.4 is 0 Å². The quantitative estimate of drug-likeness (QED) is 0.624. The Bertz CT molecular complexity index is 1000. The molecule has 3 aromatic rings. The van der Waals surface area contributed by atoms with Gasteiger partial charge in [0.05, 0.1) is 11.1 Å². The van der Waals surface area contributed by atoms with Crippen molar-refractivity contribution in [3.8, 4) is 0 Å². The lowest BCUT2D eigenvalue weighted by Gasteiger charge is -2.28. The molecule has 0 atom stereocenters. The van der Waals surface area contributed by atoms with Crippen LogP contribution in [0.3, 0.4) is 0 Å². The van der Waals surface area contributed by atoms with Crippen molar-refractivity contribution >= 4 is 40.5 Å². The second kappa shape index (κ2) is 6.38. The molecular weight excluding hydrogens is 389 g/mol. The Labute approximate surface area is 165 Å². The van der Waals surface area contributed by atoms with E-state index in [-0.39, 0.29) is 4.88 Å². The first-order valence-electron chi connectivity index (χ1n) is 8.14. The van der Waals surface area contributed by atoms with Gasteiger partial charge in [-0.3, -0.25) is 0 Å². The Morgan fingerprint density at radius 3 is 2.35 bits per heavy atom. The highest BCUT2D eigenvalue weighted by molar-refractivity contribution is 7.13. The van der Waals surface area contributed by atoms with Crippen molar-refractivity contribution in [3.63, 3.8) is 0 Å². The van der Waals surface area contributed by atoms with E-state index < -0.39 is 11.4 Å². The van der Waals surface area contributed by atoms with Crippen LogP contribution in [0.4, 0.5) is 0 Å². The highest BCUT2D eigenvalue weighted by Gasteiger charge is 2.44. The van der Waals surface area contributed by atoms with Gasteiger partial charge in [0.1, 0.15) is 9.88 Å². The van der Waals surface area contributed by atoms with Crippen LogP contribution in [0.5, 0.6) is 0 Å². The van der Waals surface area contributed by atoms with Crippen LogP contribution in [-0.2, 0) is 18.3 Å². The molecular formula is C20H15Cl2NO2S. The van der Waals surface area contributed by atoms with Gasteiger partial charge in [0.25, 0.3) is 0 Å². The Kier molecular flexibility index (Phi) is 4.30. The molecule has 0 saturated heterocycles. The van der Waals surface area contributed by atoms with Gasteiger partial charge in [-0.15, -0.1) is 11.3 Å². The van der Waals surface area contributed by atoms with Crippen molar-refractivity contribution in [3.05, 3.63) is 84.8 Å². The number of carboxylic acids is 1. The fourth-order valence-corrected chi connectivity index (χ4v) is 5.44. The van der Waals surface area contributed by atoms with Gasteiger partial charge in [-0.05, 0) is 48.6 Å². The SMILES string of the molecule is Cc1nc(C2(c3ccc(Cl)cc3Cl)Cc3ccccc3C2)sc1C(=O)O. The zero-order chi connectivity index (χ0) is 18.5. The fraction of sp³-hybridized carbons (Fsp3) is 0.200. The van der Waals surface area contributed by atoms with E-state index in [0.717, 1.165) is 23.4 Å². The van der Waals surface area contributed by atoms with E-state index in [2.05, 4.69) is 17.1 Å². The number of aromatic carboxylic acids is 1. The number of thiazole rings is 1. The number of rotatable bonds is 3. The van der Waals surface area contributed by atoms with Crippen LogP contribution in [-0.4, -0.2) is 16.1 Å². The molecule has 0 amide bonds. The summed E-state index contributed by atoms with van der Waals surface area (Å²) in [6.45, 7) is 1.74. The maximum atomic E-state index is 11.5. The molecule has 1 aliphatic rings. The van der Waals surface area contributed by atoms with Crippen LogP contribution >= 0.6 is 34.5 Å². The van der Waals surface area contributed by atoms with Gasteiger partial charge in [0.15, 0.2) is 0 Å². The first-order chi connectivity index (χ1) is 12.4. The molecule has 3 nitrogen and oxygen atoms in total. The molecule has 0 unspecified atom stereocenters. The Balaban J connectivity index is 1.94. The molecule has 0 bridgehead atoms. The summed E-state index contributed by atoms with van der Waals surface area (Å²) in [5.74, 6) is -0.945. The van der Waals surface area contributed by atoms with Gasteiger partial charge in [-0.25, -0.2) is 9.78 Å². The lowest BCUT2D eigenvalue weighted by molar-refractivity contribution is 0.0701. The van der Waals surface area contributed by atoms with E-state index in [0.29, 0.717) is 15.7 Å². The zero-order valence-corrected chi connectivity index (χ0v) is 16.3. The summed E-state index contributed by atoms with van der Waals surface area (Å²) < 4.78 is 0. The summed E-state index contributed by atoms with van der Waals surface area (Å²) in [6.07, 6.45) is 1.47. The van der Waals surface area contributed by atoms with Crippen LogP contribution in [0.25, 0.3) is 0 Å². The maximum absolute atomic E-state index is 11.5. The Morgan fingerprint density at radius 2 is 1.81 bits per heavy atom. The number of halogens is 2. The van der Waals surface area contributed by atoms with Crippen molar-refractivity contribution < 1.29 is 9.90 Å². The second-order valence-corrected chi connectivity index (χ2v) is 8.41. The average molecular weight is 404 g/mol. The van der Waals surface area contributed by atoms with Crippen molar-refractivity contribution in [1.82, 2.24) is 4.98 Å². The number of hydrogen-bond acceptors (Lipinski definition) is 3. The fourth-order valence-electron chi connectivity index (χ4n) is 3.75. The first-order valence-corrected chi connectivity index (χ1v) is 9.71. The summed E-state index contributed by atoms with van der Waals surface area (Å²) in [5.41, 5.74) is 3.48. The number of carboxylic acid groups (broad SMARTS) is 1. The maximum Gasteiger partial charge on any atom is 0.347 e. The minimum absolute atomic E-state index is 0.278. The number of carbonyl (C=O) groups is 1. The predicted octanol–water partition coefficient (Wildman–Crippen LogP) is 5.54. The van der Waals surface area contributed by atoms with Gasteiger partial charge < -0.3 is 5.11 Å². The first kappa shape index (κ1) is 17.5. The van der Waals surface area contributed by atoms with E-state index in [1.165, 1.54) is 22.5 Å². The third kappa shape index (κ3) is 2.73. The molecule has 4 rings (SSSR count). The number of fused-ring (bicyclic) bond motifs is 1. The summed E-state index contributed by atoms with van der Waals surface area (Å²) >= 11 is 13.9. The minimum atomic E-state index is -0.945. The van der Waals surface area contributed by atoms with Crippen LogP contribution in [0.1, 0.15) is 37.1 Å². The molecule has 1 aromatic heterocycles. The molecule has 0 spiro atoms. The lowest BCUT2D eigenvalue weighted by atomic mass is 9.78. The lowest BCUT2D eigenvalue weighted by Crippen LogP contribution is -2.29. The summed E-state index contributed by atoms with van der Waals surface area (Å²) in [6, 6.07) is 13.8. The topological polar surface area (TPSA) is 50.2 Å². The normalized spacial score (nSPS) is 15.0. The second-order valence-electron chi connectivity index (χ2n) is 6.57. The largest absolute Gasteiger partial charge is 0.477 e. The molecule has 1 heterocycles. The predicted molar refractivity (Wildman–Crippen MR) is 105 cm³/mol. The van der Waals surface area contributed by atoms with Crippen molar-refractivity contribution in [2.24, 2.45) is 0 Å². The molecule has 0 aliphatic heterocycles. The third-order valence-corrected chi connectivity index (χ3v) is 6.85. The highest BCUT2D eigenvalue weighted by Crippen LogP contribution is 2.48. The van der Waals surface area contributed by atoms with E-state index in [1.54, 1.807) is 13.0 Å². The highest BCUT2D eigenvalue weighted by atomic mass is 35.5. The molecule has 0 saturated carbocycles. The Morgan fingerprint density at radius 1 is 1.15 bits per heavy atom. The molecule has 2 aromatic carbocycles. The molecule has 26 heavy (non-hydrogen) atoms. The van der Waals surface area contributed by atoms with Crippen molar-refractivity contribution in [1.29, 1.82) is 0 Å². The van der Waals surface area contributed by atoms with Gasteiger partial charge >= 0.3 is 5.97 Å². The monoisotopic (exact) mass is 403 g/mol. The van der Waals surface area contributed by atoms with E-state index in [9.17, 15) is 9.90 Å². The average Bonchev–Trinajstić information content (AvgIpc) is 3.16. The summed E-state index contributed by atoms with van der Waals surface area (Å²) in [5, 5.41) is 11.4. The molecule has 1 N–H and O–H groups in total. The van der Waals surface area contributed by atoms with Gasteiger partial charge in [0, 0.05) is 10.0 Å². The smallest absolute Gasteiger partial charge is 0.347 e. The number of aromatic nitrogens is 1. The Hall–Kier alpha value is -1.88. The van der Waals surface area contributed by atoms with Crippen molar-refractivity contribution in [2.45, 2.75) is 25.2 Å². The van der Waals surface area contributed by atoms with Crippen LogP contribution in [0.2, 0.25) is 10.0 Å². The number of nitrogens with zero attached hydrogens (tertiary/aromatic N) is 1. The summed E-state index contributed by atoms with van der Waals surface area (Å²) in [4.78, 5) is 16.5. The molecule has 0 fully saturated rings. The van der Waals surface area contributed by atoms with Crippen LogP contribution in [0, 0.1) is 6.92 Å². The van der Waals surface area contributed by atoms with Gasteiger partial charge in [-0.1, -0.05) is 53.5 Å². The van der Waals surface area contributed by atoms with E-state index in [1.807, 2.05) is 24.3 Å². The number of benzene rings is 2. The van der Waals surface area contributed by atoms with Crippen LogP contribution in [0.15, 0.2) is 42.5 Å². The zero-order valence-electron chi connectivity index (χ0n) is 13.9. The molecule has 6 heteroatoms. The van der Waals surface area contributed by atoms with Gasteiger partial charge in [-0.2, -0.15) is 0 Å².